The molecule has 0 saturated carbocycles. The first-order valence-corrected chi connectivity index (χ1v) is 9.08. The first-order chi connectivity index (χ1) is 9.87. The Bertz CT molecular complexity index is 630. The zero-order valence-corrected chi connectivity index (χ0v) is 13.3. The highest BCUT2D eigenvalue weighted by Crippen LogP contribution is 2.46. The molecule has 2 unspecified atom stereocenters. The highest BCUT2D eigenvalue weighted by atomic mass is 32.2. The maximum Gasteiger partial charge on any atom is 0.156 e. The van der Waals surface area contributed by atoms with E-state index in [4.69, 9.17) is 4.74 Å². The van der Waals surface area contributed by atoms with Crippen molar-refractivity contribution in [1.29, 1.82) is 0 Å². The highest BCUT2D eigenvalue weighted by molar-refractivity contribution is 7.92. The molecule has 0 spiro atoms. The molecule has 2 saturated heterocycles. The molecule has 21 heavy (non-hydrogen) atoms. The first-order valence-electron chi connectivity index (χ1n) is 7.47. The predicted octanol–water partition coefficient (Wildman–Crippen LogP) is 2.32. The molecule has 1 N–H and O–H groups in total. The maximum absolute atomic E-state index is 12.4. The fourth-order valence-corrected chi connectivity index (χ4v) is 6.34. The van der Waals surface area contributed by atoms with Crippen LogP contribution in [0.2, 0.25) is 0 Å². The van der Waals surface area contributed by atoms with Crippen LogP contribution in [0.15, 0.2) is 18.2 Å². The Morgan fingerprint density at radius 2 is 1.86 bits per heavy atom. The summed E-state index contributed by atoms with van der Waals surface area (Å²) >= 11 is 0. The number of methoxy groups -OCH3 is 1. The van der Waals surface area contributed by atoms with Gasteiger partial charge in [-0.3, -0.25) is 0 Å². The average molecular weight is 310 g/mol. The lowest BCUT2D eigenvalue weighted by Crippen LogP contribution is -2.50. The molecule has 0 aromatic heterocycles. The normalized spacial score (nSPS) is 34.4. The SMILES string of the molecule is COc1cc(C2(O)CC3CCCC(C2)S3(=O)=O)ccc1C. The zero-order chi connectivity index (χ0) is 15.3. The number of aliphatic hydroxyl groups is 1. The van der Waals surface area contributed by atoms with E-state index in [-0.39, 0.29) is 0 Å². The van der Waals surface area contributed by atoms with Crippen LogP contribution in [0.25, 0.3) is 0 Å². The van der Waals surface area contributed by atoms with Gasteiger partial charge in [-0.15, -0.1) is 0 Å². The summed E-state index contributed by atoms with van der Waals surface area (Å²) in [6.45, 7) is 1.95. The standard InChI is InChI=1S/C16H22O4S/c1-11-6-7-12(8-15(11)20-2)16(17)9-13-4-3-5-14(10-16)21(13,18)19/h6-8,13-14,17H,3-5,9-10H2,1-2H3. The molecule has 0 amide bonds. The average Bonchev–Trinajstić information content (AvgIpc) is 2.41. The van der Waals surface area contributed by atoms with Crippen molar-refractivity contribution >= 4 is 9.84 Å². The monoisotopic (exact) mass is 310 g/mol. The van der Waals surface area contributed by atoms with E-state index in [1.807, 2.05) is 25.1 Å². The molecule has 1 aromatic rings. The summed E-state index contributed by atoms with van der Waals surface area (Å²) in [6.07, 6.45) is 2.90. The van der Waals surface area contributed by atoms with Crippen LogP contribution in [0.5, 0.6) is 5.75 Å². The number of aryl methyl sites for hydroxylation is 1. The van der Waals surface area contributed by atoms with Gasteiger partial charge in [-0.25, -0.2) is 8.42 Å². The van der Waals surface area contributed by atoms with Crippen molar-refractivity contribution in [3.05, 3.63) is 29.3 Å². The molecule has 5 heteroatoms. The van der Waals surface area contributed by atoms with E-state index >= 15 is 0 Å². The predicted molar refractivity (Wildman–Crippen MR) is 81.2 cm³/mol. The van der Waals surface area contributed by atoms with Crippen LogP contribution < -0.4 is 4.74 Å². The lowest BCUT2D eigenvalue weighted by atomic mass is 9.80. The highest BCUT2D eigenvalue weighted by Gasteiger charge is 2.51. The second-order valence-electron chi connectivity index (χ2n) is 6.39. The van der Waals surface area contributed by atoms with Crippen LogP contribution in [-0.2, 0) is 15.4 Å². The smallest absolute Gasteiger partial charge is 0.156 e. The Morgan fingerprint density at radius 3 is 2.43 bits per heavy atom. The summed E-state index contributed by atoms with van der Waals surface area (Å²) in [5.41, 5.74) is 0.729. The summed E-state index contributed by atoms with van der Waals surface area (Å²) in [6, 6.07) is 5.67. The maximum atomic E-state index is 12.4. The van der Waals surface area contributed by atoms with Gasteiger partial charge in [-0.05, 0) is 49.8 Å². The van der Waals surface area contributed by atoms with Gasteiger partial charge in [0.25, 0.3) is 0 Å². The second kappa shape index (κ2) is 4.99. The fraction of sp³-hybridized carbons (Fsp3) is 0.625. The van der Waals surface area contributed by atoms with E-state index in [2.05, 4.69) is 0 Å². The molecule has 0 radical (unpaired) electrons. The van der Waals surface area contributed by atoms with Gasteiger partial charge in [0.2, 0.25) is 0 Å². The summed E-state index contributed by atoms with van der Waals surface area (Å²) in [7, 11) is -1.45. The summed E-state index contributed by atoms with van der Waals surface area (Å²) in [5, 5.41) is 10.3. The van der Waals surface area contributed by atoms with E-state index in [1.54, 1.807) is 7.11 Å². The molecule has 0 aliphatic carbocycles. The Kier molecular flexibility index (Phi) is 3.53. The minimum absolute atomic E-state index is 0.304. The third-order valence-corrected chi connectivity index (χ3v) is 7.72. The van der Waals surface area contributed by atoms with E-state index in [9.17, 15) is 13.5 Å². The van der Waals surface area contributed by atoms with Crippen molar-refractivity contribution in [3.8, 4) is 5.75 Å². The van der Waals surface area contributed by atoms with Crippen LogP contribution in [0.4, 0.5) is 0 Å². The third kappa shape index (κ3) is 2.36. The molecule has 2 fully saturated rings. The lowest BCUT2D eigenvalue weighted by Gasteiger charge is -2.44. The van der Waals surface area contributed by atoms with Gasteiger partial charge in [-0.1, -0.05) is 18.6 Å². The Labute approximate surface area is 126 Å². The molecule has 116 valence electrons. The number of rotatable bonds is 2. The topological polar surface area (TPSA) is 63.6 Å². The molecule has 2 aliphatic heterocycles. The summed E-state index contributed by atoms with van der Waals surface area (Å²) in [5.74, 6) is 0.736. The minimum atomic E-state index is -3.06. The van der Waals surface area contributed by atoms with Crippen molar-refractivity contribution in [2.45, 2.75) is 55.1 Å². The Hall–Kier alpha value is -1.07. The molecule has 2 atom stereocenters. The Morgan fingerprint density at radius 1 is 1.24 bits per heavy atom. The molecule has 2 bridgehead atoms. The van der Waals surface area contributed by atoms with Crippen molar-refractivity contribution in [2.75, 3.05) is 7.11 Å². The fourth-order valence-electron chi connectivity index (χ4n) is 3.79. The van der Waals surface area contributed by atoms with E-state index in [1.165, 1.54) is 0 Å². The van der Waals surface area contributed by atoms with Gasteiger partial charge in [-0.2, -0.15) is 0 Å². The van der Waals surface area contributed by atoms with Crippen LogP contribution in [0.3, 0.4) is 0 Å². The molecular weight excluding hydrogens is 288 g/mol. The molecule has 2 heterocycles. The summed E-state index contributed by atoms with van der Waals surface area (Å²) < 4.78 is 30.0. The number of benzene rings is 1. The largest absolute Gasteiger partial charge is 0.496 e. The van der Waals surface area contributed by atoms with Crippen molar-refractivity contribution < 1.29 is 18.3 Å². The number of sulfone groups is 1. The summed E-state index contributed by atoms with van der Waals surface area (Å²) in [4.78, 5) is 0. The minimum Gasteiger partial charge on any atom is -0.496 e. The molecule has 2 aliphatic rings. The number of fused-ring (bicyclic) bond motifs is 2. The number of hydrogen-bond donors (Lipinski definition) is 1. The van der Waals surface area contributed by atoms with Gasteiger partial charge in [0.15, 0.2) is 9.84 Å². The molecule has 1 aromatic carbocycles. The van der Waals surface area contributed by atoms with Crippen molar-refractivity contribution in [3.63, 3.8) is 0 Å². The van der Waals surface area contributed by atoms with Gasteiger partial charge in [0, 0.05) is 0 Å². The van der Waals surface area contributed by atoms with Crippen LogP contribution in [0, 0.1) is 6.92 Å². The van der Waals surface area contributed by atoms with Gasteiger partial charge in [0.05, 0.1) is 23.2 Å². The van der Waals surface area contributed by atoms with Crippen LogP contribution >= 0.6 is 0 Å². The Balaban J connectivity index is 1.99. The molecule has 3 rings (SSSR count). The molecular formula is C16H22O4S. The van der Waals surface area contributed by atoms with Crippen molar-refractivity contribution in [2.24, 2.45) is 0 Å². The van der Waals surface area contributed by atoms with Crippen LogP contribution in [-0.4, -0.2) is 31.1 Å². The van der Waals surface area contributed by atoms with Gasteiger partial charge >= 0.3 is 0 Å². The van der Waals surface area contributed by atoms with Gasteiger partial charge < -0.3 is 9.84 Å². The van der Waals surface area contributed by atoms with Gasteiger partial charge in [0.1, 0.15) is 5.75 Å². The zero-order valence-electron chi connectivity index (χ0n) is 12.5. The van der Waals surface area contributed by atoms with Crippen molar-refractivity contribution in [1.82, 2.24) is 0 Å². The van der Waals surface area contributed by atoms with E-state index < -0.39 is 25.9 Å². The van der Waals surface area contributed by atoms with E-state index in [0.717, 1.165) is 23.3 Å². The number of hydrogen-bond acceptors (Lipinski definition) is 4. The lowest BCUT2D eigenvalue weighted by molar-refractivity contribution is 0.00483. The number of ether oxygens (including phenoxy) is 1. The van der Waals surface area contributed by atoms with E-state index in [0.29, 0.717) is 25.7 Å². The van der Waals surface area contributed by atoms with Crippen LogP contribution in [0.1, 0.15) is 43.2 Å². The second-order valence-corrected chi connectivity index (χ2v) is 8.90. The first kappa shape index (κ1) is 14.9. The molecule has 4 nitrogen and oxygen atoms in total. The quantitative estimate of drug-likeness (QED) is 0.910. The third-order valence-electron chi connectivity index (χ3n) is 5.06.